The fourth-order valence-electron chi connectivity index (χ4n) is 1.87. The summed E-state index contributed by atoms with van der Waals surface area (Å²) in [5.74, 6) is -0.0933. The van der Waals surface area contributed by atoms with Gasteiger partial charge < -0.3 is 10.6 Å². The number of nitrogens with one attached hydrogen (secondary N) is 2. The average Bonchev–Trinajstić information content (AvgIpc) is 2.45. The third-order valence-electron chi connectivity index (χ3n) is 3.11. The predicted molar refractivity (Wildman–Crippen MR) is 88.0 cm³/mol. The quantitative estimate of drug-likeness (QED) is 0.872. The molecule has 5 heteroatoms. The van der Waals surface area contributed by atoms with E-state index in [1.165, 1.54) is 0 Å². The van der Waals surface area contributed by atoms with Crippen LogP contribution in [0.1, 0.15) is 11.1 Å². The number of carbonyl (C=O) groups excluding carboxylic acids is 1. The van der Waals surface area contributed by atoms with Crippen molar-refractivity contribution in [2.75, 3.05) is 11.9 Å². The van der Waals surface area contributed by atoms with Gasteiger partial charge in [-0.3, -0.25) is 4.79 Å². The van der Waals surface area contributed by atoms with E-state index in [0.29, 0.717) is 22.3 Å². The molecule has 2 N–H and O–H groups in total. The first-order valence-corrected chi connectivity index (χ1v) is 7.32. The van der Waals surface area contributed by atoms with Crippen LogP contribution in [-0.2, 0) is 11.3 Å². The molecule has 0 saturated carbocycles. The first-order chi connectivity index (χ1) is 10.1. The summed E-state index contributed by atoms with van der Waals surface area (Å²) in [7, 11) is 0. The Hall–Kier alpha value is -1.71. The van der Waals surface area contributed by atoms with E-state index in [-0.39, 0.29) is 12.5 Å². The Balaban J connectivity index is 1.84. The van der Waals surface area contributed by atoms with Crippen molar-refractivity contribution in [3.05, 3.63) is 63.6 Å². The van der Waals surface area contributed by atoms with Crippen molar-refractivity contribution < 1.29 is 4.79 Å². The first-order valence-electron chi connectivity index (χ1n) is 6.56. The third-order valence-corrected chi connectivity index (χ3v) is 3.66. The molecule has 21 heavy (non-hydrogen) atoms. The number of carbonyl (C=O) groups is 1. The van der Waals surface area contributed by atoms with Crippen molar-refractivity contribution in [2.45, 2.75) is 13.5 Å². The molecule has 0 heterocycles. The number of hydrogen-bond acceptors (Lipinski definition) is 2. The van der Waals surface area contributed by atoms with Gasteiger partial charge in [0.15, 0.2) is 0 Å². The number of rotatable bonds is 5. The van der Waals surface area contributed by atoms with E-state index in [1.54, 1.807) is 18.2 Å². The lowest BCUT2D eigenvalue weighted by atomic mass is 10.1. The van der Waals surface area contributed by atoms with E-state index in [9.17, 15) is 4.79 Å². The zero-order chi connectivity index (χ0) is 15.2. The summed E-state index contributed by atoms with van der Waals surface area (Å²) in [4.78, 5) is 11.8. The smallest absolute Gasteiger partial charge is 0.239 e. The fraction of sp³-hybridized carbons (Fsp3) is 0.188. The molecule has 0 spiro atoms. The summed E-state index contributed by atoms with van der Waals surface area (Å²) < 4.78 is 0. The second kappa shape index (κ2) is 7.34. The Labute approximate surface area is 134 Å². The van der Waals surface area contributed by atoms with Crippen molar-refractivity contribution in [1.29, 1.82) is 0 Å². The van der Waals surface area contributed by atoms with Crippen molar-refractivity contribution in [3.63, 3.8) is 0 Å². The van der Waals surface area contributed by atoms with E-state index >= 15 is 0 Å². The Morgan fingerprint density at radius 3 is 2.62 bits per heavy atom. The van der Waals surface area contributed by atoms with Crippen molar-refractivity contribution in [2.24, 2.45) is 0 Å². The van der Waals surface area contributed by atoms with Gasteiger partial charge in [0.2, 0.25) is 5.91 Å². The highest BCUT2D eigenvalue weighted by Crippen LogP contribution is 2.24. The van der Waals surface area contributed by atoms with Crippen molar-refractivity contribution in [3.8, 4) is 0 Å². The molecule has 0 atom stereocenters. The van der Waals surface area contributed by atoms with E-state index in [4.69, 9.17) is 23.2 Å². The van der Waals surface area contributed by atoms with Crippen LogP contribution in [0.5, 0.6) is 0 Å². The highest BCUT2D eigenvalue weighted by molar-refractivity contribution is 6.36. The highest BCUT2D eigenvalue weighted by atomic mass is 35.5. The number of benzene rings is 2. The molecule has 110 valence electrons. The molecule has 0 aliphatic carbocycles. The van der Waals surface area contributed by atoms with E-state index < -0.39 is 0 Å². The molecule has 0 radical (unpaired) electrons. The third kappa shape index (κ3) is 4.66. The molecule has 0 saturated heterocycles. The standard InChI is InChI=1S/C16H16Cl2N2O/c1-11-4-2-3-5-12(11)9-20-16(21)10-19-15-7-6-13(17)8-14(15)18/h2-8,19H,9-10H2,1H3,(H,20,21). The second-order valence-electron chi connectivity index (χ2n) is 4.68. The van der Waals surface area contributed by atoms with Gasteiger partial charge in [-0.15, -0.1) is 0 Å². The first kappa shape index (κ1) is 15.7. The van der Waals surface area contributed by atoms with Gasteiger partial charge in [0, 0.05) is 11.6 Å². The number of amides is 1. The Morgan fingerprint density at radius 2 is 1.90 bits per heavy atom. The molecule has 0 bridgehead atoms. The van der Waals surface area contributed by atoms with E-state index in [2.05, 4.69) is 10.6 Å². The molecule has 0 aliphatic rings. The summed E-state index contributed by atoms with van der Waals surface area (Å²) >= 11 is 11.8. The molecule has 0 unspecified atom stereocenters. The minimum absolute atomic E-state index is 0.0933. The lowest BCUT2D eigenvalue weighted by molar-refractivity contribution is -0.119. The number of halogens is 2. The van der Waals surface area contributed by atoms with Gasteiger partial charge in [-0.1, -0.05) is 47.5 Å². The average molecular weight is 323 g/mol. The molecular formula is C16H16Cl2N2O. The summed E-state index contributed by atoms with van der Waals surface area (Å²) in [6.07, 6.45) is 0. The molecule has 2 rings (SSSR count). The molecule has 0 aliphatic heterocycles. The van der Waals surface area contributed by atoms with Crippen LogP contribution in [0.3, 0.4) is 0 Å². The van der Waals surface area contributed by atoms with Crippen molar-refractivity contribution >= 4 is 34.8 Å². The van der Waals surface area contributed by atoms with Gasteiger partial charge in [-0.2, -0.15) is 0 Å². The van der Waals surface area contributed by atoms with Gasteiger partial charge in [0.05, 0.1) is 17.3 Å². The molecule has 3 nitrogen and oxygen atoms in total. The lowest BCUT2D eigenvalue weighted by Gasteiger charge is -2.10. The number of anilines is 1. The minimum atomic E-state index is -0.0933. The Kier molecular flexibility index (Phi) is 5.48. The van der Waals surface area contributed by atoms with Gasteiger partial charge >= 0.3 is 0 Å². The molecule has 0 aromatic heterocycles. The normalized spacial score (nSPS) is 10.2. The zero-order valence-corrected chi connectivity index (χ0v) is 13.1. The maximum absolute atomic E-state index is 11.8. The molecule has 2 aromatic rings. The van der Waals surface area contributed by atoms with E-state index in [1.807, 2.05) is 31.2 Å². The van der Waals surface area contributed by atoms with Crippen molar-refractivity contribution in [1.82, 2.24) is 5.32 Å². The van der Waals surface area contributed by atoms with Crippen LogP contribution in [0.2, 0.25) is 10.0 Å². The molecular weight excluding hydrogens is 307 g/mol. The van der Waals surface area contributed by atoms with Crippen LogP contribution in [0.25, 0.3) is 0 Å². The maximum atomic E-state index is 11.8. The fourth-order valence-corrected chi connectivity index (χ4v) is 2.35. The monoisotopic (exact) mass is 322 g/mol. The van der Waals surface area contributed by atoms with Gasteiger partial charge in [0.1, 0.15) is 0 Å². The summed E-state index contributed by atoms with van der Waals surface area (Å²) in [5, 5.41) is 6.92. The van der Waals surface area contributed by atoms with Gasteiger partial charge in [-0.05, 0) is 36.2 Å². The molecule has 0 fully saturated rings. The molecule has 1 amide bonds. The SMILES string of the molecule is Cc1ccccc1CNC(=O)CNc1ccc(Cl)cc1Cl. The predicted octanol–water partition coefficient (Wildman–Crippen LogP) is 4.03. The van der Waals surface area contributed by atoms with Crippen LogP contribution in [0.4, 0.5) is 5.69 Å². The Morgan fingerprint density at radius 1 is 1.14 bits per heavy atom. The van der Waals surface area contributed by atoms with Gasteiger partial charge in [0.25, 0.3) is 0 Å². The summed E-state index contributed by atoms with van der Waals surface area (Å²) in [5.41, 5.74) is 2.95. The lowest BCUT2D eigenvalue weighted by Crippen LogP contribution is -2.29. The van der Waals surface area contributed by atoms with Crippen LogP contribution in [-0.4, -0.2) is 12.5 Å². The number of hydrogen-bond donors (Lipinski definition) is 2. The Bertz CT molecular complexity index is 644. The largest absolute Gasteiger partial charge is 0.375 e. The molecule has 2 aromatic carbocycles. The maximum Gasteiger partial charge on any atom is 0.239 e. The summed E-state index contributed by atoms with van der Waals surface area (Å²) in [6.45, 7) is 2.70. The minimum Gasteiger partial charge on any atom is -0.375 e. The zero-order valence-electron chi connectivity index (χ0n) is 11.6. The van der Waals surface area contributed by atoms with Gasteiger partial charge in [-0.25, -0.2) is 0 Å². The highest BCUT2D eigenvalue weighted by Gasteiger charge is 2.05. The van der Waals surface area contributed by atoms with Crippen LogP contribution in [0.15, 0.2) is 42.5 Å². The second-order valence-corrected chi connectivity index (χ2v) is 5.52. The number of aryl methyl sites for hydroxylation is 1. The van der Waals surface area contributed by atoms with Crippen LogP contribution >= 0.6 is 23.2 Å². The van der Waals surface area contributed by atoms with Crippen LogP contribution < -0.4 is 10.6 Å². The topological polar surface area (TPSA) is 41.1 Å². The summed E-state index contributed by atoms with van der Waals surface area (Å²) in [6, 6.07) is 13.1. The van der Waals surface area contributed by atoms with E-state index in [0.717, 1.165) is 11.1 Å². The van der Waals surface area contributed by atoms with Crippen LogP contribution in [0, 0.1) is 6.92 Å².